The normalized spacial score (nSPS) is 11.7. The summed E-state index contributed by atoms with van der Waals surface area (Å²) in [6, 6.07) is 25.0. The number of Topliss-reactive ketones (excluding diaryl/α,β-unsaturated/α-hetero) is 1. The summed E-state index contributed by atoms with van der Waals surface area (Å²) in [6.45, 7) is 2.76. The summed E-state index contributed by atoms with van der Waals surface area (Å²) >= 11 is 0. The molecule has 3 aromatic carbocycles. The van der Waals surface area contributed by atoms with Gasteiger partial charge in [-0.05, 0) is 35.7 Å². The number of aromatic nitrogens is 2. The molecule has 0 bridgehead atoms. The number of methoxy groups -OCH3 is 1. The number of rotatable bonds is 8. The molecule has 0 amide bonds. The molecule has 5 nitrogen and oxygen atoms in total. The van der Waals surface area contributed by atoms with E-state index in [1.807, 2.05) is 90.4 Å². The van der Waals surface area contributed by atoms with Gasteiger partial charge in [0.15, 0.2) is 17.2 Å². The van der Waals surface area contributed by atoms with Crippen LogP contribution in [0.2, 0.25) is 0 Å². The third-order valence-corrected chi connectivity index (χ3v) is 5.54. The Morgan fingerprint density at radius 1 is 1.00 bits per heavy atom. The number of aryl methyl sites for hydroxylation is 1. The van der Waals surface area contributed by atoms with Gasteiger partial charge in [-0.3, -0.25) is 4.79 Å². The Labute approximate surface area is 181 Å². The van der Waals surface area contributed by atoms with Gasteiger partial charge in [0.1, 0.15) is 6.61 Å². The van der Waals surface area contributed by atoms with Crippen LogP contribution in [0.5, 0.6) is 0 Å². The van der Waals surface area contributed by atoms with Gasteiger partial charge >= 0.3 is 0 Å². The second kappa shape index (κ2) is 8.84. The summed E-state index contributed by atoms with van der Waals surface area (Å²) in [7, 11) is 1.52. The van der Waals surface area contributed by atoms with E-state index in [2.05, 4.69) is 0 Å². The van der Waals surface area contributed by atoms with Crippen LogP contribution < -0.4 is 0 Å². The second-order valence-electron chi connectivity index (χ2n) is 7.59. The number of carbonyl (C=O) groups excluding carboxylic acids is 1. The number of ketones is 1. The summed E-state index contributed by atoms with van der Waals surface area (Å²) in [4.78, 5) is 16.9. The number of fused-ring (bicyclic) bond motifs is 1. The molecule has 1 heterocycles. The average Bonchev–Trinajstić information content (AvgIpc) is 3.18. The van der Waals surface area contributed by atoms with E-state index in [-0.39, 0.29) is 12.4 Å². The Bertz CT molecular complexity index is 1140. The van der Waals surface area contributed by atoms with E-state index in [0.29, 0.717) is 18.8 Å². The smallest absolute Gasteiger partial charge is 0.173 e. The van der Waals surface area contributed by atoms with Crippen LogP contribution in [0, 0.1) is 0 Å². The maximum atomic E-state index is 12.2. The standard InChI is InChI=1S/C26H26N2O3/c1-3-28-24-17-19(16-22(29)18-31-2)14-15-23(24)27-25(28)26(30,20-10-6-4-7-11-20)21-12-8-5-9-13-21/h4-15,17,30H,3,16,18H2,1-2H3. The van der Waals surface area contributed by atoms with E-state index < -0.39 is 5.60 Å². The maximum absolute atomic E-state index is 12.2. The predicted molar refractivity (Wildman–Crippen MR) is 121 cm³/mol. The highest BCUT2D eigenvalue weighted by Crippen LogP contribution is 2.37. The van der Waals surface area contributed by atoms with Crippen molar-refractivity contribution in [1.82, 2.24) is 9.55 Å². The first-order chi connectivity index (χ1) is 15.1. The molecule has 0 saturated heterocycles. The number of hydrogen-bond acceptors (Lipinski definition) is 4. The summed E-state index contributed by atoms with van der Waals surface area (Å²) in [5.74, 6) is 0.581. The predicted octanol–water partition coefficient (Wildman–Crippen LogP) is 4.10. The highest BCUT2D eigenvalue weighted by Gasteiger charge is 2.38. The summed E-state index contributed by atoms with van der Waals surface area (Å²) in [5, 5.41) is 12.2. The number of aliphatic hydroxyl groups is 1. The van der Waals surface area contributed by atoms with Crippen molar-refractivity contribution >= 4 is 16.8 Å². The molecule has 4 rings (SSSR count). The number of benzene rings is 3. The average molecular weight is 415 g/mol. The zero-order valence-electron chi connectivity index (χ0n) is 17.8. The lowest BCUT2D eigenvalue weighted by Crippen LogP contribution is -2.32. The molecule has 1 aromatic heterocycles. The van der Waals surface area contributed by atoms with Crippen molar-refractivity contribution in [2.45, 2.75) is 25.5 Å². The fraction of sp³-hybridized carbons (Fsp3) is 0.231. The Kier molecular flexibility index (Phi) is 5.98. The summed E-state index contributed by atoms with van der Waals surface area (Å²) in [5.41, 5.74) is 2.67. The van der Waals surface area contributed by atoms with Gasteiger partial charge in [0, 0.05) is 20.1 Å². The van der Waals surface area contributed by atoms with Crippen molar-refractivity contribution in [2.75, 3.05) is 13.7 Å². The van der Waals surface area contributed by atoms with Crippen LogP contribution in [0.3, 0.4) is 0 Å². The van der Waals surface area contributed by atoms with E-state index in [1.54, 1.807) is 0 Å². The molecule has 0 aliphatic heterocycles. The van der Waals surface area contributed by atoms with Crippen molar-refractivity contribution in [3.63, 3.8) is 0 Å². The quantitative estimate of drug-likeness (QED) is 0.472. The lowest BCUT2D eigenvalue weighted by molar-refractivity contribution is -0.121. The first kappa shape index (κ1) is 21.0. The lowest BCUT2D eigenvalue weighted by Gasteiger charge is -2.29. The van der Waals surface area contributed by atoms with Crippen LogP contribution >= 0.6 is 0 Å². The van der Waals surface area contributed by atoms with Gasteiger partial charge in [0.05, 0.1) is 11.0 Å². The SMILES string of the molecule is CCn1c(C(O)(c2ccccc2)c2ccccc2)nc2ccc(CC(=O)COC)cc21. The van der Waals surface area contributed by atoms with E-state index in [0.717, 1.165) is 27.7 Å². The minimum atomic E-state index is -1.41. The zero-order valence-corrected chi connectivity index (χ0v) is 17.8. The number of hydrogen-bond donors (Lipinski definition) is 1. The molecule has 158 valence electrons. The monoisotopic (exact) mass is 414 g/mol. The third kappa shape index (κ3) is 3.90. The Morgan fingerprint density at radius 3 is 2.16 bits per heavy atom. The molecule has 0 aliphatic carbocycles. The van der Waals surface area contributed by atoms with Crippen LogP contribution in [0.4, 0.5) is 0 Å². The molecular formula is C26H26N2O3. The topological polar surface area (TPSA) is 64.3 Å². The molecule has 31 heavy (non-hydrogen) atoms. The van der Waals surface area contributed by atoms with Gasteiger partial charge < -0.3 is 14.4 Å². The fourth-order valence-electron chi connectivity index (χ4n) is 4.10. The van der Waals surface area contributed by atoms with Crippen molar-refractivity contribution in [3.8, 4) is 0 Å². The minimum Gasteiger partial charge on any atom is -0.377 e. The summed E-state index contributed by atoms with van der Waals surface area (Å²) in [6.07, 6.45) is 0.301. The first-order valence-corrected chi connectivity index (χ1v) is 10.4. The minimum absolute atomic E-state index is 0.0229. The zero-order chi connectivity index (χ0) is 21.8. The van der Waals surface area contributed by atoms with Crippen LogP contribution in [-0.2, 0) is 28.1 Å². The van der Waals surface area contributed by atoms with Gasteiger partial charge in [0.2, 0.25) is 0 Å². The number of carbonyl (C=O) groups is 1. The Morgan fingerprint density at radius 2 is 1.61 bits per heavy atom. The largest absolute Gasteiger partial charge is 0.377 e. The number of ether oxygens (including phenoxy) is 1. The van der Waals surface area contributed by atoms with Gasteiger partial charge in [-0.15, -0.1) is 0 Å². The molecule has 1 N–H and O–H groups in total. The molecule has 5 heteroatoms. The van der Waals surface area contributed by atoms with Crippen molar-refractivity contribution in [2.24, 2.45) is 0 Å². The van der Waals surface area contributed by atoms with Gasteiger partial charge in [-0.1, -0.05) is 66.7 Å². The van der Waals surface area contributed by atoms with E-state index >= 15 is 0 Å². The highest BCUT2D eigenvalue weighted by molar-refractivity contribution is 5.84. The molecule has 0 unspecified atom stereocenters. The molecular weight excluding hydrogens is 388 g/mol. The van der Waals surface area contributed by atoms with Crippen molar-refractivity contribution < 1.29 is 14.6 Å². The van der Waals surface area contributed by atoms with Crippen LogP contribution in [-0.4, -0.2) is 34.2 Å². The van der Waals surface area contributed by atoms with Gasteiger partial charge in [-0.2, -0.15) is 0 Å². The number of nitrogens with zero attached hydrogens (tertiary/aromatic N) is 2. The summed E-state index contributed by atoms with van der Waals surface area (Å²) < 4.78 is 6.98. The number of imidazole rings is 1. The third-order valence-electron chi connectivity index (χ3n) is 5.54. The van der Waals surface area contributed by atoms with Crippen LogP contribution in [0.25, 0.3) is 11.0 Å². The molecule has 0 radical (unpaired) electrons. The van der Waals surface area contributed by atoms with Gasteiger partial charge in [0.25, 0.3) is 0 Å². The molecule has 0 aliphatic rings. The van der Waals surface area contributed by atoms with Crippen LogP contribution in [0.1, 0.15) is 29.4 Å². The molecule has 0 atom stereocenters. The van der Waals surface area contributed by atoms with Crippen molar-refractivity contribution in [1.29, 1.82) is 0 Å². The Balaban J connectivity index is 1.90. The Hall–Kier alpha value is -3.28. The fourth-order valence-corrected chi connectivity index (χ4v) is 4.10. The van der Waals surface area contributed by atoms with E-state index in [4.69, 9.17) is 9.72 Å². The highest BCUT2D eigenvalue weighted by atomic mass is 16.5. The maximum Gasteiger partial charge on any atom is 0.173 e. The van der Waals surface area contributed by atoms with Gasteiger partial charge in [-0.25, -0.2) is 4.98 Å². The lowest BCUT2D eigenvalue weighted by atomic mass is 9.85. The van der Waals surface area contributed by atoms with E-state index in [1.165, 1.54) is 7.11 Å². The first-order valence-electron chi connectivity index (χ1n) is 10.4. The van der Waals surface area contributed by atoms with E-state index in [9.17, 15) is 9.90 Å². The van der Waals surface area contributed by atoms with Crippen molar-refractivity contribution in [3.05, 3.63) is 101 Å². The second-order valence-corrected chi connectivity index (χ2v) is 7.59. The molecule has 0 fully saturated rings. The van der Waals surface area contributed by atoms with Crippen LogP contribution in [0.15, 0.2) is 78.9 Å². The molecule has 0 saturated carbocycles. The molecule has 4 aromatic rings. The molecule has 0 spiro atoms.